The third-order valence-corrected chi connectivity index (χ3v) is 2.32. The molecule has 0 aromatic heterocycles. The predicted octanol–water partition coefficient (Wildman–Crippen LogP) is 1.46. The average molecular weight is 251 g/mol. The summed E-state index contributed by atoms with van der Waals surface area (Å²) in [5.41, 5.74) is 1.20. The topological polar surface area (TPSA) is 75.6 Å². The zero-order valence-electron chi connectivity index (χ0n) is 10.3. The normalized spacial score (nSPS) is 9.89. The van der Waals surface area contributed by atoms with Gasteiger partial charge >= 0.3 is 5.97 Å². The predicted molar refractivity (Wildman–Crippen MR) is 66.9 cm³/mol. The summed E-state index contributed by atoms with van der Waals surface area (Å²) in [6.45, 7) is 1.89. The van der Waals surface area contributed by atoms with Crippen molar-refractivity contribution in [2.45, 2.75) is 26.4 Å². The number of carbonyl (C=O) groups excluding carboxylic acids is 2. The summed E-state index contributed by atoms with van der Waals surface area (Å²) in [5, 5.41) is 11.7. The van der Waals surface area contributed by atoms with E-state index in [2.05, 4.69) is 5.32 Å². The summed E-state index contributed by atoms with van der Waals surface area (Å²) < 4.78 is 4.73. The van der Waals surface area contributed by atoms with Crippen molar-refractivity contribution >= 4 is 17.6 Å². The Kier molecular flexibility index (Phi) is 5.87. The van der Waals surface area contributed by atoms with Crippen molar-refractivity contribution in [1.82, 2.24) is 0 Å². The number of ether oxygens (including phenoxy) is 1. The van der Waals surface area contributed by atoms with E-state index in [1.165, 1.54) is 0 Å². The highest BCUT2D eigenvalue weighted by Gasteiger charge is 2.09. The molecular formula is C13H17NO4. The molecule has 0 radical (unpaired) electrons. The molecule has 2 N–H and O–H groups in total. The zero-order valence-corrected chi connectivity index (χ0v) is 10.3. The molecule has 0 unspecified atom stereocenters. The second-order valence-electron chi connectivity index (χ2n) is 3.67. The Morgan fingerprint density at radius 1 is 1.28 bits per heavy atom. The van der Waals surface area contributed by atoms with Crippen LogP contribution in [0.1, 0.15) is 25.3 Å². The Labute approximate surface area is 106 Å². The first kappa shape index (κ1) is 14.2. The molecule has 1 aromatic carbocycles. The van der Waals surface area contributed by atoms with E-state index < -0.39 is 0 Å². The molecule has 0 atom stereocenters. The van der Waals surface area contributed by atoms with Gasteiger partial charge in [0.25, 0.3) is 0 Å². The van der Waals surface area contributed by atoms with Crippen molar-refractivity contribution in [1.29, 1.82) is 0 Å². The molecule has 1 aromatic rings. The fourth-order valence-electron chi connectivity index (χ4n) is 1.44. The Morgan fingerprint density at radius 2 is 2.00 bits per heavy atom. The summed E-state index contributed by atoms with van der Waals surface area (Å²) in [6.07, 6.45) is 0.125. The van der Waals surface area contributed by atoms with E-state index in [0.717, 1.165) is 0 Å². The lowest BCUT2D eigenvalue weighted by atomic mass is 10.2. The lowest BCUT2D eigenvalue weighted by Crippen LogP contribution is -2.15. The third-order valence-electron chi connectivity index (χ3n) is 2.32. The summed E-state index contributed by atoms with van der Waals surface area (Å²) in [4.78, 5) is 22.7. The maximum atomic E-state index is 11.6. The minimum atomic E-state index is -0.386. The van der Waals surface area contributed by atoms with Crippen LogP contribution in [-0.2, 0) is 20.9 Å². The first-order valence-electron chi connectivity index (χ1n) is 5.81. The second kappa shape index (κ2) is 7.45. The molecule has 0 spiro atoms. The minimum absolute atomic E-state index is 0.0565. The van der Waals surface area contributed by atoms with Gasteiger partial charge in [-0.25, -0.2) is 0 Å². The molecule has 1 rings (SSSR count). The number of nitrogens with one attached hydrogen (secondary N) is 1. The molecular weight excluding hydrogens is 234 g/mol. The Balaban J connectivity index is 2.47. The van der Waals surface area contributed by atoms with E-state index in [0.29, 0.717) is 17.9 Å². The van der Waals surface area contributed by atoms with E-state index in [9.17, 15) is 9.59 Å². The lowest BCUT2D eigenvalue weighted by Gasteiger charge is -2.08. The quantitative estimate of drug-likeness (QED) is 0.750. The smallest absolute Gasteiger partial charge is 0.306 e. The number of hydrogen-bond acceptors (Lipinski definition) is 4. The lowest BCUT2D eigenvalue weighted by molar-refractivity contribution is -0.144. The minimum Gasteiger partial charge on any atom is -0.466 e. The van der Waals surface area contributed by atoms with Gasteiger partial charge in [0, 0.05) is 17.7 Å². The highest BCUT2D eigenvalue weighted by atomic mass is 16.5. The Morgan fingerprint density at radius 3 is 2.67 bits per heavy atom. The van der Waals surface area contributed by atoms with E-state index in [-0.39, 0.29) is 31.3 Å². The number of esters is 1. The van der Waals surface area contributed by atoms with Crippen LogP contribution in [0.3, 0.4) is 0 Å². The molecule has 1 amide bonds. The number of anilines is 1. The van der Waals surface area contributed by atoms with Crippen LogP contribution in [0.15, 0.2) is 24.3 Å². The molecule has 0 heterocycles. The van der Waals surface area contributed by atoms with Crippen LogP contribution in [0.2, 0.25) is 0 Å². The SMILES string of the molecule is CCOC(=O)CCC(=O)Nc1ccccc1CO. The van der Waals surface area contributed by atoms with Gasteiger partial charge in [-0.15, -0.1) is 0 Å². The van der Waals surface area contributed by atoms with Crippen LogP contribution in [0.25, 0.3) is 0 Å². The molecule has 0 aliphatic rings. The van der Waals surface area contributed by atoms with Crippen LogP contribution >= 0.6 is 0 Å². The molecule has 0 fully saturated rings. The van der Waals surface area contributed by atoms with Gasteiger partial charge in [-0.1, -0.05) is 18.2 Å². The van der Waals surface area contributed by atoms with Crippen molar-refractivity contribution in [2.75, 3.05) is 11.9 Å². The Hall–Kier alpha value is -1.88. The van der Waals surface area contributed by atoms with Crippen LogP contribution < -0.4 is 5.32 Å². The molecule has 0 saturated carbocycles. The van der Waals surface area contributed by atoms with Gasteiger partial charge in [0.15, 0.2) is 0 Å². The van der Waals surface area contributed by atoms with Crippen LogP contribution in [0, 0.1) is 0 Å². The van der Waals surface area contributed by atoms with E-state index in [1.54, 1.807) is 31.2 Å². The van der Waals surface area contributed by atoms with Crippen molar-refractivity contribution in [3.05, 3.63) is 29.8 Å². The molecule has 98 valence electrons. The van der Waals surface area contributed by atoms with Crippen LogP contribution in [0.5, 0.6) is 0 Å². The monoisotopic (exact) mass is 251 g/mol. The van der Waals surface area contributed by atoms with Gasteiger partial charge in [0.05, 0.1) is 19.6 Å². The van der Waals surface area contributed by atoms with Gasteiger partial charge in [-0.3, -0.25) is 9.59 Å². The fraction of sp³-hybridized carbons (Fsp3) is 0.385. The summed E-state index contributed by atoms with van der Waals surface area (Å²) in [7, 11) is 0. The molecule has 0 saturated heterocycles. The maximum Gasteiger partial charge on any atom is 0.306 e. The highest BCUT2D eigenvalue weighted by molar-refractivity contribution is 5.93. The summed E-state index contributed by atoms with van der Waals surface area (Å²) in [6, 6.07) is 6.97. The number of aliphatic hydroxyl groups is 1. The van der Waals surface area contributed by atoms with Gasteiger partial charge in [0.1, 0.15) is 0 Å². The number of benzene rings is 1. The van der Waals surface area contributed by atoms with Crippen molar-refractivity contribution in [2.24, 2.45) is 0 Å². The first-order chi connectivity index (χ1) is 8.67. The maximum absolute atomic E-state index is 11.6. The molecule has 5 nitrogen and oxygen atoms in total. The summed E-state index contributed by atoms with van der Waals surface area (Å²) in [5.74, 6) is -0.660. The Bertz CT molecular complexity index is 417. The molecule has 0 aliphatic carbocycles. The molecule has 18 heavy (non-hydrogen) atoms. The fourth-order valence-corrected chi connectivity index (χ4v) is 1.44. The van der Waals surface area contributed by atoms with Crippen LogP contribution in [-0.4, -0.2) is 23.6 Å². The first-order valence-corrected chi connectivity index (χ1v) is 5.81. The van der Waals surface area contributed by atoms with Crippen LogP contribution in [0.4, 0.5) is 5.69 Å². The highest BCUT2D eigenvalue weighted by Crippen LogP contribution is 2.15. The van der Waals surface area contributed by atoms with Crippen molar-refractivity contribution < 1.29 is 19.4 Å². The van der Waals surface area contributed by atoms with Gasteiger partial charge in [-0.05, 0) is 13.0 Å². The van der Waals surface area contributed by atoms with Gasteiger partial charge < -0.3 is 15.2 Å². The number of amides is 1. The largest absolute Gasteiger partial charge is 0.466 e. The number of para-hydroxylation sites is 1. The third kappa shape index (κ3) is 4.55. The second-order valence-corrected chi connectivity index (χ2v) is 3.67. The van der Waals surface area contributed by atoms with E-state index >= 15 is 0 Å². The van der Waals surface area contributed by atoms with Crippen molar-refractivity contribution in [3.63, 3.8) is 0 Å². The molecule has 0 aliphatic heterocycles. The standard InChI is InChI=1S/C13H17NO4/c1-2-18-13(17)8-7-12(16)14-11-6-4-3-5-10(11)9-15/h3-6,15H,2,7-9H2,1H3,(H,14,16). The molecule has 5 heteroatoms. The number of hydrogen-bond donors (Lipinski definition) is 2. The number of carbonyl (C=O) groups is 2. The number of aliphatic hydroxyl groups excluding tert-OH is 1. The van der Waals surface area contributed by atoms with Gasteiger partial charge in [0.2, 0.25) is 5.91 Å². The number of rotatable bonds is 6. The van der Waals surface area contributed by atoms with Crippen molar-refractivity contribution in [3.8, 4) is 0 Å². The summed E-state index contributed by atoms with van der Waals surface area (Å²) >= 11 is 0. The molecule has 0 bridgehead atoms. The zero-order chi connectivity index (χ0) is 13.4. The van der Waals surface area contributed by atoms with E-state index in [1.807, 2.05) is 0 Å². The average Bonchev–Trinajstić information content (AvgIpc) is 2.37. The van der Waals surface area contributed by atoms with E-state index in [4.69, 9.17) is 9.84 Å². The van der Waals surface area contributed by atoms with Gasteiger partial charge in [-0.2, -0.15) is 0 Å².